The Morgan fingerprint density at radius 3 is 0.941 bits per heavy atom. The first-order valence-electron chi connectivity index (χ1n) is 18.1. The van der Waals surface area contributed by atoms with Crippen LogP contribution in [0.2, 0.25) is 0 Å². The molecule has 0 saturated heterocycles. The number of aryl methyl sites for hydroxylation is 3. The fourth-order valence-corrected chi connectivity index (χ4v) is 9.89. The SMILES string of the molecule is Cc1ccc2ccc3c(-c4ccc5ccc6c(C)cc(-c7ccc8ccc9c(C)ccc%10ccc7c8c%109)c7ccc4c5c67)ccc4ccc1c2c43. The Balaban J connectivity index is 1.17. The van der Waals surface area contributed by atoms with Crippen molar-refractivity contribution in [3.05, 3.63) is 156 Å². The summed E-state index contributed by atoms with van der Waals surface area (Å²) < 4.78 is 0. The minimum atomic E-state index is 1.29. The second-order valence-electron chi connectivity index (χ2n) is 14.9. The lowest BCUT2D eigenvalue weighted by molar-refractivity contribution is 1.54. The van der Waals surface area contributed by atoms with Crippen molar-refractivity contribution in [3.63, 3.8) is 0 Å². The van der Waals surface area contributed by atoms with Gasteiger partial charge < -0.3 is 0 Å². The molecule has 0 saturated carbocycles. The molecule has 0 aliphatic heterocycles. The molecule has 0 aliphatic rings. The number of hydrogen-bond donors (Lipinski definition) is 0. The van der Waals surface area contributed by atoms with Gasteiger partial charge in [-0.1, -0.05) is 140 Å². The number of hydrogen-bond acceptors (Lipinski definition) is 0. The normalized spacial score (nSPS) is 12.6. The van der Waals surface area contributed by atoms with Crippen LogP contribution in [0.3, 0.4) is 0 Å². The Morgan fingerprint density at radius 1 is 0.216 bits per heavy atom. The van der Waals surface area contributed by atoms with Gasteiger partial charge >= 0.3 is 0 Å². The molecule has 0 heteroatoms. The minimum Gasteiger partial charge on any atom is -0.0581 e. The summed E-state index contributed by atoms with van der Waals surface area (Å²) >= 11 is 0. The lowest BCUT2D eigenvalue weighted by atomic mass is 9.83. The van der Waals surface area contributed by atoms with Crippen LogP contribution in [0.4, 0.5) is 0 Å². The van der Waals surface area contributed by atoms with Crippen molar-refractivity contribution in [3.8, 4) is 22.3 Å². The Labute approximate surface area is 295 Å². The predicted octanol–water partition coefficient (Wildman–Crippen LogP) is 14.6. The van der Waals surface area contributed by atoms with Gasteiger partial charge in [-0.2, -0.15) is 0 Å². The second-order valence-corrected chi connectivity index (χ2v) is 14.9. The lowest BCUT2D eigenvalue weighted by Gasteiger charge is -2.21. The lowest BCUT2D eigenvalue weighted by Crippen LogP contribution is -1.94. The molecular weight excluding hydrogens is 613 g/mol. The first-order valence-corrected chi connectivity index (χ1v) is 18.1. The molecule has 0 aliphatic carbocycles. The van der Waals surface area contributed by atoms with E-state index in [0.717, 1.165) is 0 Å². The maximum atomic E-state index is 2.43. The molecule has 0 bridgehead atoms. The summed E-state index contributed by atoms with van der Waals surface area (Å²) in [5.41, 5.74) is 9.20. The van der Waals surface area contributed by atoms with Crippen LogP contribution in [0.25, 0.3) is 119 Å². The Hall–Kier alpha value is -6.24. The third-order valence-corrected chi connectivity index (χ3v) is 12.3. The smallest absolute Gasteiger partial charge is 0.00177 e. The molecular formula is C51H32. The maximum absolute atomic E-state index is 2.43. The molecule has 0 atom stereocenters. The molecule has 0 unspecified atom stereocenters. The first kappa shape index (κ1) is 27.6. The third kappa shape index (κ3) is 3.45. The van der Waals surface area contributed by atoms with Gasteiger partial charge in [-0.3, -0.25) is 0 Å². The summed E-state index contributed by atoms with van der Waals surface area (Å²) in [5.74, 6) is 0. The van der Waals surface area contributed by atoms with E-state index >= 15 is 0 Å². The van der Waals surface area contributed by atoms with E-state index in [4.69, 9.17) is 0 Å². The van der Waals surface area contributed by atoms with Crippen LogP contribution < -0.4 is 0 Å². The van der Waals surface area contributed by atoms with Crippen molar-refractivity contribution < 1.29 is 0 Å². The largest absolute Gasteiger partial charge is 0.0581 e. The molecule has 12 aromatic rings. The van der Waals surface area contributed by atoms with Gasteiger partial charge in [0.05, 0.1) is 0 Å². The average molecular weight is 645 g/mol. The minimum absolute atomic E-state index is 1.29. The maximum Gasteiger partial charge on any atom is -0.00177 e. The third-order valence-electron chi connectivity index (χ3n) is 12.3. The van der Waals surface area contributed by atoms with E-state index in [1.807, 2.05) is 0 Å². The summed E-state index contributed by atoms with van der Waals surface area (Å²) in [4.78, 5) is 0. The van der Waals surface area contributed by atoms with Gasteiger partial charge in [-0.25, -0.2) is 0 Å². The van der Waals surface area contributed by atoms with Crippen LogP contribution in [-0.4, -0.2) is 0 Å². The summed E-state index contributed by atoms with van der Waals surface area (Å²) in [6.45, 7) is 6.75. The molecule has 51 heavy (non-hydrogen) atoms. The van der Waals surface area contributed by atoms with Gasteiger partial charge in [0, 0.05) is 0 Å². The van der Waals surface area contributed by atoms with Gasteiger partial charge in [0.1, 0.15) is 0 Å². The number of rotatable bonds is 2. The zero-order valence-corrected chi connectivity index (χ0v) is 28.8. The fourth-order valence-electron chi connectivity index (χ4n) is 9.89. The molecule has 0 aromatic heterocycles. The Bertz CT molecular complexity index is 3430. The average Bonchev–Trinajstić information content (AvgIpc) is 3.17. The van der Waals surface area contributed by atoms with Crippen LogP contribution in [-0.2, 0) is 0 Å². The second kappa shape index (κ2) is 9.50. The standard InChI is InChI=1S/C51H32/c1-27-4-6-30-14-22-41-38(19-11-32-8-16-35(27)46(30)48(32)41)39-20-12-34-10-18-37-29(3)26-45(44-25-24-43(39)50(34)51(37)44)40-21-13-33-9-17-36-28(2)5-7-31-15-23-42(40)49(33)47(31)36/h4-26H,1-3H3. The van der Waals surface area contributed by atoms with Crippen LogP contribution in [0.15, 0.2) is 140 Å². The highest BCUT2D eigenvalue weighted by molar-refractivity contribution is 6.32. The molecule has 0 spiro atoms. The van der Waals surface area contributed by atoms with Crippen molar-refractivity contribution in [2.24, 2.45) is 0 Å². The monoisotopic (exact) mass is 644 g/mol. The van der Waals surface area contributed by atoms with Crippen molar-refractivity contribution in [2.45, 2.75) is 20.8 Å². The van der Waals surface area contributed by atoms with E-state index in [0.29, 0.717) is 0 Å². The molecule has 0 N–H and O–H groups in total. The highest BCUT2D eigenvalue weighted by Gasteiger charge is 2.20. The van der Waals surface area contributed by atoms with E-state index in [1.165, 1.54) is 136 Å². The van der Waals surface area contributed by atoms with E-state index in [2.05, 4.69) is 160 Å². The van der Waals surface area contributed by atoms with Gasteiger partial charge in [0.15, 0.2) is 0 Å². The van der Waals surface area contributed by atoms with Crippen LogP contribution in [0, 0.1) is 20.8 Å². The van der Waals surface area contributed by atoms with E-state index in [1.54, 1.807) is 0 Å². The van der Waals surface area contributed by atoms with Crippen molar-refractivity contribution in [1.29, 1.82) is 0 Å². The molecule has 12 aromatic carbocycles. The molecule has 0 amide bonds. The van der Waals surface area contributed by atoms with Crippen molar-refractivity contribution >= 4 is 97.0 Å². The number of benzene rings is 12. The summed E-state index contributed by atoms with van der Waals surface area (Å²) in [6, 6.07) is 53.6. The molecule has 12 rings (SSSR count). The van der Waals surface area contributed by atoms with E-state index < -0.39 is 0 Å². The van der Waals surface area contributed by atoms with Gasteiger partial charge in [-0.15, -0.1) is 0 Å². The molecule has 0 radical (unpaired) electrons. The zero-order chi connectivity index (χ0) is 33.7. The van der Waals surface area contributed by atoms with Gasteiger partial charge in [0.2, 0.25) is 0 Å². The van der Waals surface area contributed by atoms with Crippen molar-refractivity contribution in [1.82, 2.24) is 0 Å². The highest BCUT2D eigenvalue weighted by Crippen LogP contribution is 2.48. The predicted molar refractivity (Wildman–Crippen MR) is 223 cm³/mol. The summed E-state index contributed by atoms with van der Waals surface area (Å²) in [6.07, 6.45) is 0. The van der Waals surface area contributed by atoms with Crippen LogP contribution in [0.1, 0.15) is 16.7 Å². The van der Waals surface area contributed by atoms with Crippen molar-refractivity contribution in [2.75, 3.05) is 0 Å². The highest BCUT2D eigenvalue weighted by atomic mass is 14.2. The molecule has 236 valence electrons. The first-order chi connectivity index (χ1) is 25.0. The van der Waals surface area contributed by atoms with Gasteiger partial charge in [0.25, 0.3) is 0 Å². The Morgan fingerprint density at radius 2 is 0.490 bits per heavy atom. The van der Waals surface area contributed by atoms with Crippen LogP contribution >= 0.6 is 0 Å². The summed E-state index contributed by atoms with van der Waals surface area (Å²) in [7, 11) is 0. The fraction of sp³-hybridized carbons (Fsp3) is 0.0588. The van der Waals surface area contributed by atoms with Crippen LogP contribution in [0.5, 0.6) is 0 Å². The molecule has 0 fully saturated rings. The zero-order valence-electron chi connectivity index (χ0n) is 28.8. The molecule has 0 heterocycles. The van der Waals surface area contributed by atoms with E-state index in [-0.39, 0.29) is 0 Å². The van der Waals surface area contributed by atoms with E-state index in [9.17, 15) is 0 Å². The topological polar surface area (TPSA) is 0 Å². The quantitative estimate of drug-likeness (QED) is 0.164. The molecule has 0 nitrogen and oxygen atoms in total. The van der Waals surface area contributed by atoms with Gasteiger partial charge in [-0.05, 0) is 157 Å². The Kier molecular flexibility index (Phi) is 5.14. The summed E-state index contributed by atoms with van der Waals surface area (Å²) in [5, 5.41) is 24.1.